The third-order valence-electron chi connectivity index (χ3n) is 0.875. The summed E-state index contributed by atoms with van der Waals surface area (Å²) in [5, 5.41) is 0. The normalized spacial score (nSPS) is 9.00. The van der Waals surface area contributed by atoms with E-state index in [2.05, 4.69) is 4.74 Å². The third-order valence-corrected chi connectivity index (χ3v) is 0.875. The Labute approximate surface area is 59.3 Å². The maximum atomic E-state index is 10.6. The van der Waals surface area contributed by atoms with E-state index in [1.165, 1.54) is 0 Å². The Balaban J connectivity index is 3.60. The highest BCUT2D eigenvalue weighted by atomic mass is 16.5. The van der Waals surface area contributed by atoms with Gasteiger partial charge in [0.15, 0.2) is 0 Å². The Hall–Kier alpha value is -0.900. The van der Waals surface area contributed by atoms with Crippen molar-refractivity contribution in [3.63, 3.8) is 0 Å². The summed E-state index contributed by atoms with van der Waals surface area (Å²) in [6, 6.07) is 0. The highest BCUT2D eigenvalue weighted by Crippen LogP contribution is 1.84. The summed E-state index contributed by atoms with van der Waals surface area (Å²) < 4.78 is 4.41. The Bertz CT molecular complexity index is 117. The molecule has 0 aliphatic heterocycles. The van der Waals surface area contributed by atoms with E-state index in [1.807, 2.05) is 0 Å². The lowest BCUT2D eigenvalue weighted by Gasteiger charge is -1.97. The first-order chi connectivity index (χ1) is 4.72. The molecule has 0 saturated carbocycles. The summed E-state index contributed by atoms with van der Waals surface area (Å²) in [6.07, 6.45) is 0.0683. The fourth-order valence-electron chi connectivity index (χ4n) is 0.445. The molecule has 4 heteroatoms. The van der Waals surface area contributed by atoms with Gasteiger partial charge in [0.25, 0.3) is 0 Å². The molecular formula is C6H11NO3. The molecule has 0 aromatic rings. The molecule has 0 heterocycles. The van der Waals surface area contributed by atoms with Gasteiger partial charge in [0.2, 0.25) is 5.78 Å². The monoisotopic (exact) mass is 145 g/mol. The predicted molar refractivity (Wildman–Crippen MR) is 35.3 cm³/mol. The third kappa shape index (κ3) is 3.19. The lowest BCUT2D eigenvalue weighted by atomic mass is 10.3. The van der Waals surface area contributed by atoms with E-state index < -0.39 is 11.8 Å². The van der Waals surface area contributed by atoms with Crippen molar-refractivity contribution >= 4 is 11.8 Å². The molecule has 0 bridgehead atoms. The molecule has 58 valence electrons. The van der Waals surface area contributed by atoms with Crippen LogP contribution in [-0.4, -0.2) is 24.9 Å². The molecule has 0 aromatic carbocycles. The maximum Gasteiger partial charge on any atom is 0.374 e. The van der Waals surface area contributed by atoms with Gasteiger partial charge in [-0.3, -0.25) is 4.79 Å². The molecule has 0 saturated heterocycles. The number of ketones is 1. The number of carbonyl (C=O) groups is 2. The van der Waals surface area contributed by atoms with E-state index in [-0.39, 0.29) is 19.6 Å². The maximum absolute atomic E-state index is 10.6. The average Bonchev–Trinajstić information content (AvgIpc) is 1.89. The Morgan fingerprint density at radius 3 is 2.50 bits per heavy atom. The van der Waals surface area contributed by atoms with E-state index >= 15 is 0 Å². The van der Waals surface area contributed by atoms with Crippen molar-refractivity contribution in [2.75, 3.05) is 13.2 Å². The summed E-state index contributed by atoms with van der Waals surface area (Å²) in [4.78, 5) is 21.1. The molecule has 0 amide bonds. The van der Waals surface area contributed by atoms with Crippen LogP contribution in [0.25, 0.3) is 0 Å². The number of Topliss-reactive ketones (excluding diaryl/α,β-unsaturated/α-hetero) is 1. The lowest BCUT2D eigenvalue weighted by molar-refractivity contribution is -0.153. The van der Waals surface area contributed by atoms with Gasteiger partial charge in [0.1, 0.15) is 0 Å². The zero-order chi connectivity index (χ0) is 7.98. The highest BCUT2D eigenvalue weighted by molar-refractivity contribution is 6.33. The lowest BCUT2D eigenvalue weighted by Crippen LogP contribution is -2.20. The van der Waals surface area contributed by atoms with Crippen molar-refractivity contribution in [1.29, 1.82) is 0 Å². The number of hydrogen-bond donors (Lipinski definition) is 1. The highest BCUT2D eigenvalue weighted by Gasteiger charge is 2.12. The van der Waals surface area contributed by atoms with Gasteiger partial charge in [-0.25, -0.2) is 4.79 Å². The number of hydrogen-bond acceptors (Lipinski definition) is 4. The predicted octanol–water partition coefficient (Wildman–Crippen LogP) is -0.533. The Morgan fingerprint density at radius 2 is 2.10 bits per heavy atom. The van der Waals surface area contributed by atoms with Gasteiger partial charge in [-0.05, 0) is 13.5 Å². The van der Waals surface area contributed by atoms with Crippen LogP contribution in [0.4, 0.5) is 0 Å². The van der Waals surface area contributed by atoms with Crippen LogP contribution in [0.15, 0.2) is 0 Å². The van der Waals surface area contributed by atoms with E-state index in [0.29, 0.717) is 0 Å². The van der Waals surface area contributed by atoms with Crippen LogP contribution in [0.3, 0.4) is 0 Å². The molecule has 0 rings (SSSR count). The van der Waals surface area contributed by atoms with Crippen LogP contribution in [0, 0.1) is 0 Å². The molecule has 0 unspecified atom stereocenters. The second-order valence-electron chi connectivity index (χ2n) is 1.68. The zero-order valence-corrected chi connectivity index (χ0v) is 5.92. The van der Waals surface area contributed by atoms with Crippen molar-refractivity contribution in [2.45, 2.75) is 13.3 Å². The minimum Gasteiger partial charge on any atom is -0.460 e. The van der Waals surface area contributed by atoms with Crippen LogP contribution in [-0.2, 0) is 14.3 Å². The largest absolute Gasteiger partial charge is 0.460 e. The number of ether oxygens (including phenoxy) is 1. The van der Waals surface area contributed by atoms with Gasteiger partial charge in [-0.15, -0.1) is 0 Å². The standard InChI is InChI=1S/C6H11NO3/c1-2-10-6(9)5(8)3-4-7/h2-4,7H2,1H3. The first-order valence-corrected chi connectivity index (χ1v) is 3.12. The summed E-state index contributed by atoms with van der Waals surface area (Å²) in [5.41, 5.74) is 5.03. The van der Waals surface area contributed by atoms with Crippen LogP contribution in [0.1, 0.15) is 13.3 Å². The topological polar surface area (TPSA) is 69.4 Å². The molecule has 0 spiro atoms. The van der Waals surface area contributed by atoms with Gasteiger partial charge in [-0.1, -0.05) is 0 Å². The second kappa shape index (κ2) is 4.93. The van der Waals surface area contributed by atoms with Crippen LogP contribution in [0.2, 0.25) is 0 Å². The SMILES string of the molecule is CCOC(=O)C(=O)CCN. The summed E-state index contributed by atoms with van der Waals surface area (Å²) >= 11 is 0. The molecule has 2 N–H and O–H groups in total. The molecule has 0 atom stereocenters. The first kappa shape index (κ1) is 9.10. The number of nitrogens with two attached hydrogens (primary N) is 1. The fraction of sp³-hybridized carbons (Fsp3) is 0.667. The van der Waals surface area contributed by atoms with Crippen molar-refractivity contribution in [1.82, 2.24) is 0 Å². The molecule has 0 aliphatic rings. The van der Waals surface area contributed by atoms with Crippen LogP contribution < -0.4 is 5.73 Å². The summed E-state index contributed by atoms with van der Waals surface area (Å²) in [7, 11) is 0. The molecule has 4 nitrogen and oxygen atoms in total. The van der Waals surface area contributed by atoms with Gasteiger partial charge >= 0.3 is 5.97 Å². The quantitative estimate of drug-likeness (QED) is 0.426. The first-order valence-electron chi connectivity index (χ1n) is 3.12. The summed E-state index contributed by atoms with van der Waals surface area (Å²) in [6.45, 7) is 2.07. The zero-order valence-electron chi connectivity index (χ0n) is 5.92. The molecular weight excluding hydrogens is 134 g/mol. The van der Waals surface area contributed by atoms with Gasteiger partial charge in [-0.2, -0.15) is 0 Å². The van der Waals surface area contributed by atoms with Crippen molar-refractivity contribution in [3.05, 3.63) is 0 Å². The van der Waals surface area contributed by atoms with Crippen LogP contribution in [0.5, 0.6) is 0 Å². The van der Waals surface area contributed by atoms with Crippen LogP contribution >= 0.6 is 0 Å². The minimum atomic E-state index is -0.784. The smallest absolute Gasteiger partial charge is 0.374 e. The fourth-order valence-corrected chi connectivity index (χ4v) is 0.445. The van der Waals surface area contributed by atoms with Crippen molar-refractivity contribution < 1.29 is 14.3 Å². The van der Waals surface area contributed by atoms with Gasteiger partial charge in [0, 0.05) is 6.42 Å². The minimum absolute atomic E-state index is 0.0683. The van der Waals surface area contributed by atoms with Crippen molar-refractivity contribution in [3.8, 4) is 0 Å². The Morgan fingerprint density at radius 1 is 1.50 bits per heavy atom. The van der Waals surface area contributed by atoms with Gasteiger partial charge in [0.05, 0.1) is 6.61 Å². The molecule has 0 aromatic heterocycles. The number of esters is 1. The van der Waals surface area contributed by atoms with E-state index in [0.717, 1.165) is 0 Å². The molecule has 0 radical (unpaired) electrons. The van der Waals surface area contributed by atoms with Gasteiger partial charge < -0.3 is 10.5 Å². The average molecular weight is 145 g/mol. The molecule has 0 fully saturated rings. The van der Waals surface area contributed by atoms with Crippen molar-refractivity contribution in [2.24, 2.45) is 5.73 Å². The summed E-state index contributed by atoms with van der Waals surface area (Å²) in [5.74, 6) is -1.34. The Kier molecular flexibility index (Phi) is 4.49. The molecule has 0 aliphatic carbocycles. The second-order valence-corrected chi connectivity index (χ2v) is 1.68. The number of rotatable bonds is 4. The van der Waals surface area contributed by atoms with E-state index in [1.54, 1.807) is 6.92 Å². The van der Waals surface area contributed by atoms with E-state index in [9.17, 15) is 9.59 Å². The van der Waals surface area contributed by atoms with E-state index in [4.69, 9.17) is 5.73 Å². The molecule has 10 heavy (non-hydrogen) atoms. The number of carbonyl (C=O) groups excluding carboxylic acids is 2.